The van der Waals surface area contributed by atoms with Crippen molar-refractivity contribution in [2.24, 2.45) is 5.10 Å². The maximum absolute atomic E-state index is 11.5. The second-order valence-corrected chi connectivity index (χ2v) is 5.69. The van der Waals surface area contributed by atoms with Crippen LogP contribution in [0, 0.1) is 17.0 Å². The fourth-order valence-corrected chi connectivity index (χ4v) is 2.14. The van der Waals surface area contributed by atoms with Gasteiger partial charge in [0.2, 0.25) is 5.75 Å². The van der Waals surface area contributed by atoms with Gasteiger partial charge in [-0.05, 0) is 18.6 Å². The quantitative estimate of drug-likeness (QED) is 0.437. The Morgan fingerprint density at radius 1 is 1.24 bits per heavy atom. The topological polar surface area (TPSA) is 77.2 Å². The molecule has 2 rings (SSSR count). The third-order valence-corrected chi connectivity index (χ3v) is 3.42. The minimum Gasteiger partial charge on any atom is -0.493 e. The Hall–Kier alpha value is -3.09. The van der Waals surface area contributed by atoms with Gasteiger partial charge in [0, 0.05) is 25.7 Å². The lowest BCUT2D eigenvalue weighted by molar-refractivity contribution is -0.386. The maximum atomic E-state index is 11.5. The number of ether oxygens (including phenoxy) is 2. The molecule has 0 fully saturated rings. The van der Waals surface area contributed by atoms with Crippen LogP contribution in [0.4, 0.5) is 5.69 Å². The normalized spacial score (nSPS) is 10.7. The van der Waals surface area contributed by atoms with E-state index < -0.39 is 4.92 Å². The molecule has 0 amide bonds. The smallest absolute Gasteiger partial charge is 0.315 e. The molecule has 0 aliphatic carbocycles. The number of nitro groups is 1. The average Bonchev–Trinajstić information content (AvgIpc) is 2.59. The van der Waals surface area contributed by atoms with Gasteiger partial charge < -0.3 is 14.5 Å². The summed E-state index contributed by atoms with van der Waals surface area (Å²) in [5, 5.41) is 17.1. The van der Waals surface area contributed by atoms with E-state index in [2.05, 4.69) is 5.10 Å². The highest BCUT2D eigenvalue weighted by molar-refractivity contribution is 5.83. The van der Waals surface area contributed by atoms with Crippen LogP contribution < -0.4 is 9.47 Å². The first-order chi connectivity index (χ1) is 11.9. The Kier molecular flexibility index (Phi) is 5.94. The maximum Gasteiger partial charge on any atom is 0.315 e. The number of benzene rings is 2. The standard InChI is InChI=1S/C18H21N3O4/c1-13-5-7-14(8-6-13)12-25-18-16(21(22)23)9-15(10-17(18)24-4)11-19-20(2)3/h5-11H,12H2,1-4H3/b19-11+. The Balaban J connectivity index is 2.34. The minimum atomic E-state index is -0.486. The number of hydrazone groups is 1. The summed E-state index contributed by atoms with van der Waals surface area (Å²) in [7, 11) is 4.98. The first-order valence-electron chi connectivity index (χ1n) is 7.66. The molecule has 0 aliphatic rings. The lowest BCUT2D eigenvalue weighted by atomic mass is 10.1. The van der Waals surface area contributed by atoms with Gasteiger partial charge in [-0.15, -0.1) is 0 Å². The van der Waals surface area contributed by atoms with Crippen LogP contribution in [0.1, 0.15) is 16.7 Å². The highest BCUT2D eigenvalue weighted by Gasteiger charge is 2.22. The van der Waals surface area contributed by atoms with Crippen LogP contribution in [0.5, 0.6) is 11.5 Å². The van der Waals surface area contributed by atoms with Crippen LogP contribution in [-0.2, 0) is 6.61 Å². The Bertz CT molecular complexity index is 771. The molecule has 0 atom stereocenters. The van der Waals surface area contributed by atoms with Gasteiger partial charge in [-0.25, -0.2) is 0 Å². The zero-order valence-electron chi connectivity index (χ0n) is 14.7. The molecule has 0 radical (unpaired) electrons. The van der Waals surface area contributed by atoms with E-state index in [0.29, 0.717) is 11.3 Å². The third kappa shape index (κ3) is 4.94. The second-order valence-electron chi connectivity index (χ2n) is 5.69. The summed E-state index contributed by atoms with van der Waals surface area (Å²) in [4.78, 5) is 11.0. The van der Waals surface area contributed by atoms with Crippen molar-refractivity contribution >= 4 is 11.9 Å². The fourth-order valence-electron chi connectivity index (χ4n) is 2.14. The van der Waals surface area contributed by atoms with Gasteiger partial charge in [0.1, 0.15) is 6.61 Å². The van der Waals surface area contributed by atoms with E-state index in [1.54, 1.807) is 25.2 Å². The Morgan fingerprint density at radius 3 is 2.48 bits per heavy atom. The Morgan fingerprint density at radius 2 is 1.92 bits per heavy atom. The molecule has 0 saturated carbocycles. The largest absolute Gasteiger partial charge is 0.493 e. The number of hydrogen-bond donors (Lipinski definition) is 0. The van der Waals surface area contributed by atoms with Crippen LogP contribution in [0.15, 0.2) is 41.5 Å². The van der Waals surface area contributed by atoms with Crippen molar-refractivity contribution in [3.8, 4) is 11.5 Å². The van der Waals surface area contributed by atoms with E-state index in [9.17, 15) is 10.1 Å². The predicted octanol–water partition coefficient (Wildman–Crippen LogP) is 3.39. The number of aryl methyl sites for hydroxylation is 1. The lowest BCUT2D eigenvalue weighted by Gasteiger charge is -2.12. The van der Waals surface area contributed by atoms with Crippen LogP contribution in [0.25, 0.3) is 0 Å². The van der Waals surface area contributed by atoms with E-state index in [4.69, 9.17) is 9.47 Å². The summed E-state index contributed by atoms with van der Waals surface area (Å²) in [6.07, 6.45) is 1.53. The molecule has 2 aromatic rings. The molecule has 2 aromatic carbocycles. The summed E-state index contributed by atoms with van der Waals surface area (Å²) in [6.45, 7) is 2.20. The number of hydrogen-bond acceptors (Lipinski definition) is 6. The number of nitro benzene ring substituents is 1. The summed E-state index contributed by atoms with van der Waals surface area (Å²) in [5.41, 5.74) is 2.45. The van der Waals surface area contributed by atoms with Gasteiger partial charge in [0.05, 0.1) is 18.2 Å². The molecular weight excluding hydrogens is 322 g/mol. The molecular formula is C18H21N3O4. The van der Waals surface area contributed by atoms with Crippen LogP contribution in [-0.4, -0.2) is 37.4 Å². The average molecular weight is 343 g/mol. The molecule has 132 valence electrons. The molecule has 0 aliphatic heterocycles. The van der Waals surface area contributed by atoms with E-state index in [1.807, 2.05) is 31.2 Å². The molecule has 0 heterocycles. The number of methoxy groups -OCH3 is 1. The Labute approximate surface area is 146 Å². The number of nitrogens with zero attached hydrogens (tertiary/aromatic N) is 3. The highest BCUT2D eigenvalue weighted by atomic mass is 16.6. The predicted molar refractivity (Wildman–Crippen MR) is 96.4 cm³/mol. The van der Waals surface area contributed by atoms with Crippen molar-refractivity contribution in [3.05, 3.63) is 63.2 Å². The summed E-state index contributed by atoms with van der Waals surface area (Å²) < 4.78 is 11.0. The van der Waals surface area contributed by atoms with Crippen molar-refractivity contribution in [2.45, 2.75) is 13.5 Å². The molecule has 7 nitrogen and oxygen atoms in total. The van der Waals surface area contributed by atoms with E-state index in [-0.39, 0.29) is 18.0 Å². The SMILES string of the molecule is COc1cc(/C=N/N(C)C)cc([N+](=O)[O-])c1OCc1ccc(C)cc1. The summed E-state index contributed by atoms with van der Waals surface area (Å²) in [6, 6.07) is 10.8. The van der Waals surface area contributed by atoms with E-state index in [1.165, 1.54) is 19.4 Å². The second kappa shape index (κ2) is 8.14. The first-order valence-corrected chi connectivity index (χ1v) is 7.66. The summed E-state index contributed by atoms with van der Waals surface area (Å²) in [5.74, 6) is 0.400. The van der Waals surface area contributed by atoms with Gasteiger partial charge in [-0.2, -0.15) is 5.10 Å². The first kappa shape index (κ1) is 18.3. The number of rotatable bonds is 7. The zero-order valence-corrected chi connectivity index (χ0v) is 14.7. The van der Waals surface area contributed by atoms with Crippen LogP contribution >= 0.6 is 0 Å². The van der Waals surface area contributed by atoms with Crippen molar-refractivity contribution in [1.82, 2.24) is 5.01 Å². The third-order valence-electron chi connectivity index (χ3n) is 3.42. The fraction of sp³-hybridized carbons (Fsp3) is 0.278. The van der Waals surface area contributed by atoms with Crippen molar-refractivity contribution in [3.63, 3.8) is 0 Å². The van der Waals surface area contributed by atoms with Gasteiger partial charge in [-0.1, -0.05) is 29.8 Å². The van der Waals surface area contributed by atoms with Crippen molar-refractivity contribution in [2.75, 3.05) is 21.2 Å². The van der Waals surface area contributed by atoms with Gasteiger partial charge in [-0.3, -0.25) is 10.1 Å². The van der Waals surface area contributed by atoms with Crippen LogP contribution in [0.3, 0.4) is 0 Å². The van der Waals surface area contributed by atoms with Crippen molar-refractivity contribution in [1.29, 1.82) is 0 Å². The summed E-state index contributed by atoms with van der Waals surface area (Å²) >= 11 is 0. The van der Waals surface area contributed by atoms with Crippen LogP contribution in [0.2, 0.25) is 0 Å². The molecule has 0 saturated heterocycles. The molecule has 0 bridgehead atoms. The van der Waals surface area contributed by atoms with Gasteiger partial charge >= 0.3 is 5.69 Å². The minimum absolute atomic E-state index is 0.107. The molecule has 0 unspecified atom stereocenters. The van der Waals surface area contributed by atoms with Crippen molar-refractivity contribution < 1.29 is 14.4 Å². The highest BCUT2D eigenvalue weighted by Crippen LogP contribution is 2.38. The molecule has 0 N–H and O–H groups in total. The molecule has 7 heteroatoms. The zero-order chi connectivity index (χ0) is 18.4. The molecule has 25 heavy (non-hydrogen) atoms. The molecule has 0 aromatic heterocycles. The monoisotopic (exact) mass is 343 g/mol. The van der Waals surface area contributed by atoms with Gasteiger partial charge in [0.25, 0.3) is 0 Å². The van der Waals surface area contributed by atoms with E-state index >= 15 is 0 Å². The van der Waals surface area contributed by atoms with Gasteiger partial charge in [0.15, 0.2) is 5.75 Å². The molecule has 0 spiro atoms. The lowest BCUT2D eigenvalue weighted by Crippen LogP contribution is -2.04. The van der Waals surface area contributed by atoms with E-state index in [0.717, 1.165) is 11.1 Å².